The Hall–Kier alpha value is -3.58. The lowest BCUT2D eigenvalue weighted by Gasteiger charge is -2.15. The van der Waals surface area contributed by atoms with E-state index in [4.69, 9.17) is 4.74 Å². The number of hydrogen-bond donors (Lipinski definition) is 1. The SMILES string of the molecule is Cc1cccc(-n2c(COc3ccccc3)nnc2SCC(=O)NCc2ccccc2)c1C. The summed E-state index contributed by atoms with van der Waals surface area (Å²) in [4.78, 5) is 12.5. The van der Waals surface area contributed by atoms with Gasteiger partial charge in [0, 0.05) is 6.54 Å². The molecule has 0 unspecified atom stereocenters. The van der Waals surface area contributed by atoms with E-state index in [1.165, 1.54) is 17.3 Å². The van der Waals surface area contributed by atoms with Crippen LogP contribution in [0.1, 0.15) is 22.5 Å². The highest BCUT2D eigenvalue weighted by atomic mass is 32.2. The minimum atomic E-state index is -0.0542. The molecule has 0 saturated carbocycles. The van der Waals surface area contributed by atoms with E-state index in [1.807, 2.05) is 77.4 Å². The van der Waals surface area contributed by atoms with Crippen LogP contribution in [0.25, 0.3) is 5.69 Å². The molecule has 0 spiro atoms. The minimum absolute atomic E-state index is 0.0542. The first-order chi connectivity index (χ1) is 16.1. The normalized spacial score (nSPS) is 10.7. The van der Waals surface area contributed by atoms with E-state index in [1.54, 1.807) is 0 Å². The molecule has 0 fully saturated rings. The number of aryl methyl sites for hydroxylation is 1. The quantitative estimate of drug-likeness (QED) is 0.362. The number of carbonyl (C=O) groups is 1. The molecule has 0 atom stereocenters. The summed E-state index contributed by atoms with van der Waals surface area (Å²) in [6.07, 6.45) is 0. The molecule has 0 aliphatic carbocycles. The Morgan fingerprint density at radius 3 is 2.42 bits per heavy atom. The lowest BCUT2D eigenvalue weighted by atomic mass is 10.1. The van der Waals surface area contributed by atoms with Crippen molar-refractivity contribution >= 4 is 17.7 Å². The Kier molecular flexibility index (Phi) is 7.42. The van der Waals surface area contributed by atoms with Crippen molar-refractivity contribution in [1.29, 1.82) is 0 Å². The van der Waals surface area contributed by atoms with Gasteiger partial charge in [0.25, 0.3) is 0 Å². The molecule has 0 saturated heterocycles. The van der Waals surface area contributed by atoms with Crippen molar-refractivity contribution in [3.8, 4) is 11.4 Å². The van der Waals surface area contributed by atoms with Crippen molar-refractivity contribution in [2.45, 2.75) is 32.2 Å². The van der Waals surface area contributed by atoms with E-state index >= 15 is 0 Å². The third-order valence-electron chi connectivity index (χ3n) is 5.29. The van der Waals surface area contributed by atoms with Gasteiger partial charge >= 0.3 is 0 Å². The molecule has 33 heavy (non-hydrogen) atoms. The molecular weight excluding hydrogens is 432 g/mol. The van der Waals surface area contributed by atoms with E-state index in [0.29, 0.717) is 17.5 Å². The fourth-order valence-electron chi connectivity index (χ4n) is 3.35. The summed E-state index contributed by atoms with van der Waals surface area (Å²) < 4.78 is 7.93. The first kappa shape index (κ1) is 22.6. The van der Waals surface area contributed by atoms with Crippen LogP contribution in [0.4, 0.5) is 0 Å². The molecule has 7 heteroatoms. The molecule has 0 aliphatic rings. The van der Waals surface area contributed by atoms with E-state index in [2.05, 4.69) is 35.4 Å². The molecule has 3 aromatic carbocycles. The molecule has 0 bridgehead atoms. The van der Waals surface area contributed by atoms with Crippen molar-refractivity contribution in [2.24, 2.45) is 0 Å². The number of amides is 1. The van der Waals surface area contributed by atoms with Crippen molar-refractivity contribution in [1.82, 2.24) is 20.1 Å². The average Bonchev–Trinajstić information content (AvgIpc) is 3.25. The summed E-state index contributed by atoms with van der Waals surface area (Å²) in [6.45, 7) is 4.92. The van der Waals surface area contributed by atoms with Crippen LogP contribution in [0, 0.1) is 13.8 Å². The summed E-state index contributed by atoms with van der Waals surface area (Å²) in [5.74, 6) is 1.64. The van der Waals surface area contributed by atoms with Gasteiger partial charge < -0.3 is 10.1 Å². The number of ether oxygens (including phenoxy) is 1. The molecule has 168 valence electrons. The number of nitrogens with one attached hydrogen (secondary N) is 1. The molecule has 1 N–H and O–H groups in total. The van der Waals surface area contributed by atoms with Crippen LogP contribution in [0.15, 0.2) is 84.0 Å². The highest BCUT2D eigenvalue weighted by molar-refractivity contribution is 7.99. The molecule has 1 aromatic heterocycles. The zero-order valence-electron chi connectivity index (χ0n) is 18.7. The van der Waals surface area contributed by atoms with Crippen LogP contribution in [0.5, 0.6) is 5.75 Å². The number of benzene rings is 3. The number of rotatable bonds is 9. The Bertz CT molecular complexity index is 1210. The van der Waals surface area contributed by atoms with Crippen molar-refractivity contribution in [3.63, 3.8) is 0 Å². The van der Waals surface area contributed by atoms with Crippen molar-refractivity contribution < 1.29 is 9.53 Å². The zero-order chi connectivity index (χ0) is 23.0. The second-order valence-corrected chi connectivity index (χ2v) is 8.55. The maximum absolute atomic E-state index is 12.5. The average molecular weight is 459 g/mol. The van der Waals surface area contributed by atoms with Crippen LogP contribution < -0.4 is 10.1 Å². The number of carbonyl (C=O) groups excluding carboxylic acids is 1. The maximum Gasteiger partial charge on any atom is 0.230 e. The third kappa shape index (κ3) is 5.81. The monoisotopic (exact) mass is 458 g/mol. The van der Waals surface area contributed by atoms with Crippen molar-refractivity contribution in [3.05, 3.63) is 101 Å². The first-order valence-corrected chi connectivity index (χ1v) is 11.7. The Labute approximate surface area is 198 Å². The van der Waals surface area contributed by atoms with Crippen LogP contribution in [0.3, 0.4) is 0 Å². The first-order valence-electron chi connectivity index (χ1n) is 10.7. The van der Waals surface area contributed by atoms with Crippen LogP contribution in [0.2, 0.25) is 0 Å². The molecule has 0 radical (unpaired) electrons. The van der Waals surface area contributed by atoms with Gasteiger partial charge in [-0.15, -0.1) is 10.2 Å². The fraction of sp³-hybridized carbons (Fsp3) is 0.192. The molecule has 1 amide bonds. The van der Waals surface area contributed by atoms with Gasteiger partial charge in [-0.2, -0.15) is 0 Å². The predicted octanol–water partition coefficient (Wildman–Crippen LogP) is 4.87. The lowest BCUT2D eigenvalue weighted by Crippen LogP contribution is -2.24. The van der Waals surface area contributed by atoms with Gasteiger partial charge in [0.1, 0.15) is 12.4 Å². The van der Waals surface area contributed by atoms with E-state index in [-0.39, 0.29) is 18.3 Å². The largest absolute Gasteiger partial charge is 0.486 e. The van der Waals surface area contributed by atoms with Gasteiger partial charge in [-0.3, -0.25) is 9.36 Å². The van der Waals surface area contributed by atoms with Gasteiger partial charge in [0.15, 0.2) is 11.0 Å². The highest BCUT2D eigenvalue weighted by Gasteiger charge is 2.18. The van der Waals surface area contributed by atoms with Gasteiger partial charge in [-0.25, -0.2) is 0 Å². The Morgan fingerprint density at radius 1 is 0.939 bits per heavy atom. The minimum Gasteiger partial charge on any atom is -0.486 e. The molecule has 0 aliphatic heterocycles. The highest BCUT2D eigenvalue weighted by Crippen LogP contribution is 2.26. The lowest BCUT2D eigenvalue weighted by molar-refractivity contribution is -0.118. The van der Waals surface area contributed by atoms with Gasteiger partial charge in [-0.1, -0.05) is 72.4 Å². The molecule has 1 heterocycles. The van der Waals surface area contributed by atoms with E-state index in [9.17, 15) is 4.79 Å². The predicted molar refractivity (Wildman–Crippen MR) is 131 cm³/mol. The van der Waals surface area contributed by atoms with Crippen LogP contribution in [-0.4, -0.2) is 26.4 Å². The second-order valence-electron chi connectivity index (χ2n) is 7.61. The fourth-order valence-corrected chi connectivity index (χ4v) is 4.14. The van der Waals surface area contributed by atoms with Crippen LogP contribution in [-0.2, 0) is 17.9 Å². The van der Waals surface area contributed by atoms with E-state index < -0.39 is 0 Å². The summed E-state index contributed by atoms with van der Waals surface area (Å²) in [7, 11) is 0. The van der Waals surface area contributed by atoms with Crippen LogP contribution >= 0.6 is 11.8 Å². The summed E-state index contributed by atoms with van der Waals surface area (Å²) in [5, 5.41) is 12.4. The standard InChI is InChI=1S/C26H26N4O2S/c1-19-10-9-15-23(20(19)2)30-24(17-32-22-13-7-4-8-14-22)28-29-26(30)33-18-25(31)27-16-21-11-5-3-6-12-21/h3-15H,16-18H2,1-2H3,(H,27,31). The number of aromatic nitrogens is 3. The summed E-state index contributed by atoms with van der Waals surface area (Å²) >= 11 is 1.36. The number of para-hydroxylation sites is 1. The molecule has 4 aromatic rings. The van der Waals surface area contributed by atoms with Crippen molar-refractivity contribution in [2.75, 3.05) is 5.75 Å². The maximum atomic E-state index is 12.5. The Balaban J connectivity index is 1.51. The molecule has 4 rings (SSSR count). The Morgan fingerprint density at radius 2 is 1.67 bits per heavy atom. The van der Waals surface area contributed by atoms with Gasteiger partial charge in [-0.05, 0) is 48.7 Å². The van der Waals surface area contributed by atoms with Gasteiger partial charge in [0.05, 0.1) is 11.4 Å². The number of thioether (sulfide) groups is 1. The zero-order valence-corrected chi connectivity index (χ0v) is 19.5. The third-order valence-corrected chi connectivity index (χ3v) is 6.22. The smallest absolute Gasteiger partial charge is 0.230 e. The van der Waals surface area contributed by atoms with Gasteiger partial charge in [0.2, 0.25) is 5.91 Å². The second kappa shape index (κ2) is 10.8. The van der Waals surface area contributed by atoms with E-state index in [0.717, 1.165) is 22.6 Å². The molecule has 6 nitrogen and oxygen atoms in total. The summed E-state index contributed by atoms with van der Waals surface area (Å²) in [6, 6.07) is 25.6. The summed E-state index contributed by atoms with van der Waals surface area (Å²) in [5.41, 5.74) is 4.36. The molecular formula is C26H26N4O2S. The topological polar surface area (TPSA) is 69.0 Å². The number of hydrogen-bond acceptors (Lipinski definition) is 5. The number of nitrogens with zero attached hydrogens (tertiary/aromatic N) is 3.